The van der Waals surface area contributed by atoms with Crippen molar-refractivity contribution in [1.82, 2.24) is 9.71 Å². The Morgan fingerprint density at radius 1 is 0.968 bits per heavy atom. The van der Waals surface area contributed by atoms with Gasteiger partial charge in [-0.2, -0.15) is 0 Å². The fourth-order valence-electron chi connectivity index (χ4n) is 3.68. The van der Waals surface area contributed by atoms with E-state index in [-0.39, 0.29) is 4.81 Å². The monoisotopic (exact) mass is 399 g/mol. The molecular formula is C13H3B9FN3O5. The number of halogens is 1. The van der Waals surface area contributed by atoms with Gasteiger partial charge in [0, 0.05) is 5.56 Å². The van der Waals surface area contributed by atoms with Gasteiger partial charge < -0.3 is 9.71 Å². The molecule has 3 amide bonds. The normalized spacial score (nSPS) is 23.7. The maximum Gasteiger partial charge on any atom is 0.253 e. The lowest BCUT2D eigenvalue weighted by Gasteiger charge is -2.58. The first-order chi connectivity index (χ1) is 13.9. The molecule has 18 radical (unpaired) electrons. The zero-order chi connectivity index (χ0) is 24.0. The second kappa shape index (κ2) is 6.78. The van der Waals surface area contributed by atoms with E-state index in [1.165, 1.54) is 0 Å². The molecule has 2 aliphatic heterocycles. The fraction of sp³-hybridized carbons (Fsp3) is 0.308. The maximum atomic E-state index is 14.5. The molecule has 1 aromatic carbocycles. The lowest BCUT2D eigenvalue weighted by atomic mass is 9.26. The summed E-state index contributed by atoms with van der Waals surface area (Å²) >= 11 is 0. The molecule has 1 fully saturated rings. The third-order valence-corrected chi connectivity index (χ3v) is 5.39. The molecule has 1 unspecified atom stereocenters. The Balaban J connectivity index is 2.35. The second-order valence-electron chi connectivity index (χ2n) is 7.25. The number of hydrogen-bond acceptors (Lipinski definition) is 6. The van der Waals surface area contributed by atoms with Crippen LogP contribution in [0.15, 0.2) is 0 Å². The Labute approximate surface area is 188 Å². The lowest BCUT2D eigenvalue weighted by Crippen LogP contribution is -2.70. The van der Waals surface area contributed by atoms with Crippen LogP contribution in [0.1, 0.15) is 15.9 Å². The Kier molecular flexibility index (Phi) is 5.19. The number of fused-ring (bicyclic) bond motifs is 1. The van der Waals surface area contributed by atoms with Crippen molar-refractivity contribution in [2.24, 2.45) is 0 Å². The summed E-state index contributed by atoms with van der Waals surface area (Å²) in [5.41, 5.74) is -4.29. The Bertz CT molecular complexity index is 1050. The van der Waals surface area contributed by atoms with Gasteiger partial charge in [-0.3, -0.25) is 24.8 Å². The van der Waals surface area contributed by atoms with E-state index >= 15 is 0 Å². The minimum atomic E-state index is -2.73. The topological polar surface area (TPSA) is 101 Å². The molecule has 0 saturated carbocycles. The molecule has 2 heterocycles. The molecule has 18 heteroatoms. The highest BCUT2D eigenvalue weighted by molar-refractivity contribution is 6.65. The van der Waals surface area contributed by atoms with Crippen LogP contribution in [0.5, 0.6) is 0 Å². The van der Waals surface area contributed by atoms with E-state index in [0.29, 0.717) is 4.90 Å². The van der Waals surface area contributed by atoms with Gasteiger partial charge in [0.2, 0.25) is 19.8 Å². The van der Waals surface area contributed by atoms with Crippen molar-refractivity contribution < 1.29 is 29.2 Å². The van der Waals surface area contributed by atoms with Gasteiger partial charge >= 0.3 is 0 Å². The van der Waals surface area contributed by atoms with Crippen LogP contribution in [0.2, 0.25) is 10.4 Å². The van der Waals surface area contributed by atoms with Gasteiger partial charge in [0.05, 0.1) is 58.8 Å². The van der Waals surface area contributed by atoms with Crippen molar-refractivity contribution in [1.29, 1.82) is 0 Å². The number of amides is 3. The molecule has 2 aliphatic rings. The minimum Gasteiger partial charge on any atom is -0.340 e. The van der Waals surface area contributed by atoms with Gasteiger partial charge in [-0.25, -0.2) is 4.39 Å². The number of anilines is 1. The third-order valence-electron chi connectivity index (χ3n) is 5.39. The second-order valence-corrected chi connectivity index (χ2v) is 7.25. The number of hydrogen-bond donors (Lipinski definition) is 2. The van der Waals surface area contributed by atoms with Gasteiger partial charge in [0.15, 0.2) is 0 Å². The highest BCUT2D eigenvalue weighted by atomic mass is 19.1. The van der Waals surface area contributed by atoms with E-state index in [2.05, 4.69) is 0 Å². The van der Waals surface area contributed by atoms with Gasteiger partial charge in [-0.15, -0.1) is 5.23 Å². The summed E-state index contributed by atoms with van der Waals surface area (Å²) in [7, 11) is 51.9. The number of rotatable bonds is 2. The summed E-state index contributed by atoms with van der Waals surface area (Å²) in [4.78, 5) is 38.5. The van der Waals surface area contributed by atoms with Gasteiger partial charge in [0.25, 0.3) is 5.91 Å². The Morgan fingerprint density at radius 2 is 1.48 bits per heavy atom. The summed E-state index contributed by atoms with van der Waals surface area (Å²) in [6, 6.07) is -2.21. The number of nitrogens with zero attached hydrogens (tertiary/aromatic N) is 3. The van der Waals surface area contributed by atoms with Crippen LogP contribution in [0, 0.1) is 5.82 Å². The molecule has 1 saturated heterocycles. The van der Waals surface area contributed by atoms with Gasteiger partial charge in [-0.1, -0.05) is 5.21 Å². The van der Waals surface area contributed by atoms with Crippen LogP contribution in [0.3, 0.4) is 0 Å². The first kappa shape index (κ1) is 23.7. The zero-order valence-corrected chi connectivity index (χ0v) is 15.6. The molecule has 0 aliphatic carbocycles. The Hall–Kier alpha value is -1.94. The van der Waals surface area contributed by atoms with Crippen LogP contribution >= 0.6 is 0 Å². The van der Waals surface area contributed by atoms with E-state index in [1.54, 1.807) is 0 Å². The van der Waals surface area contributed by atoms with Crippen molar-refractivity contribution >= 4 is 105 Å². The third kappa shape index (κ3) is 2.76. The zero-order valence-electron chi connectivity index (χ0n) is 15.6. The SMILES string of the molecule is [B]c1c(F)c([B])c(N(O)O)c2c1C(=O)N(C1C(=O)N([B])C(=O)C([B])([B])C1([B])[B])C2([B])[B]. The van der Waals surface area contributed by atoms with E-state index in [9.17, 15) is 29.2 Å². The van der Waals surface area contributed by atoms with Crippen molar-refractivity contribution in [3.05, 3.63) is 16.9 Å². The lowest BCUT2D eigenvalue weighted by molar-refractivity contribution is -0.147. The molecule has 31 heavy (non-hydrogen) atoms. The maximum absolute atomic E-state index is 14.5. The molecule has 8 nitrogen and oxygen atoms in total. The van der Waals surface area contributed by atoms with Crippen molar-refractivity contribution in [2.45, 2.75) is 21.8 Å². The molecular weight excluding hydrogens is 394 g/mol. The molecule has 0 bridgehead atoms. The molecule has 1 atom stereocenters. The largest absolute Gasteiger partial charge is 0.340 e. The summed E-state index contributed by atoms with van der Waals surface area (Å²) in [6.07, 6.45) is 0. The molecule has 1 aromatic rings. The van der Waals surface area contributed by atoms with Crippen LogP contribution in [0.25, 0.3) is 0 Å². The van der Waals surface area contributed by atoms with Crippen molar-refractivity contribution in [3.63, 3.8) is 0 Å². The molecule has 3 rings (SSSR count). The van der Waals surface area contributed by atoms with Crippen LogP contribution in [0.4, 0.5) is 10.1 Å². The minimum absolute atomic E-state index is 0.0431. The molecule has 134 valence electrons. The van der Waals surface area contributed by atoms with Crippen molar-refractivity contribution in [3.8, 4) is 0 Å². The predicted octanol–water partition coefficient (Wildman–Crippen LogP) is -5.37. The summed E-state index contributed by atoms with van der Waals surface area (Å²) in [5.74, 6) is -5.56. The van der Waals surface area contributed by atoms with E-state index in [1.807, 2.05) is 0 Å². The number of piperidine rings is 1. The number of carbonyl (C=O) groups is 3. The van der Waals surface area contributed by atoms with E-state index in [0.717, 1.165) is 0 Å². The number of imide groups is 1. The van der Waals surface area contributed by atoms with Crippen molar-refractivity contribution in [2.75, 3.05) is 5.23 Å². The molecule has 0 aromatic heterocycles. The van der Waals surface area contributed by atoms with E-state index < -0.39 is 78.3 Å². The average molecular weight is 397 g/mol. The molecule has 0 spiro atoms. The standard InChI is InChI=1S/C13H3B9FN3O5/c14-3-1-2(6(26(30)31)4(15)5(3)23)13(20,21)24(8(1)27)7-9(28)25(22)10(29)12(18,19)11(7,16)17/h7,30-31H. The van der Waals surface area contributed by atoms with Crippen LogP contribution < -0.4 is 16.2 Å². The van der Waals surface area contributed by atoms with Gasteiger partial charge in [0.1, 0.15) is 21.5 Å². The first-order valence-electron chi connectivity index (χ1n) is 8.22. The summed E-state index contributed by atoms with van der Waals surface area (Å²) in [5, 5.41) is 10.3. The van der Waals surface area contributed by atoms with Crippen LogP contribution in [-0.2, 0) is 14.9 Å². The Morgan fingerprint density at radius 3 is 1.97 bits per heavy atom. The highest BCUT2D eigenvalue weighted by Crippen LogP contribution is 2.54. The number of benzene rings is 1. The quantitative estimate of drug-likeness (QED) is 0.294. The highest BCUT2D eigenvalue weighted by Gasteiger charge is 2.61. The summed E-state index contributed by atoms with van der Waals surface area (Å²) in [6.45, 7) is 0. The summed E-state index contributed by atoms with van der Waals surface area (Å²) < 4.78 is 14.5. The average Bonchev–Trinajstić information content (AvgIpc) is 2.84. The first-order valence-corrected chi connectivity index (χ1v) is 8.22. The van der Waals surface area contributed by atoms with E-state index in [4.69, 9.17) is 70.8 Å². The fourth-order valence-corrected chi connectivity index (χ4v) is 3.68. The number of carbonyl (C=O) groups excluding carboxylic acids is 3. The predicted molar refractivity (Wildman–Crippen MR) is 112 cm³/mol. The smallest absolute Gasteiger partial charge is 0.253 e. The van der Waals surface area contributed by atoms with Gasteiger partial charge in [-0.05, 0) is 27.0 Å². The van der Waals surface area contributed by atoms with Crippen LogP contribution in [-0.4, -0.2) is 115 Å². The molecule has 2 N–H and O–H groups in total.